The van der Waals surface area contributed by atoms with Gasteiger partial charge in [-0.25, -0.2) is 36.5 Å². The number of nitrogens with one attached hydrogen (secondary N) is 1. The molecule has 0 saturated heterocycles. The van der Waals surface area contributed by atoms with Crippen molar-refractivity contribution in [2.45, 2.75) is 49.8 Å². The summed E-state index contributed by atoms with van der Waals surface area (Å²) in [6.45, 7) is 21.5. The van der Waals surface area contributed by atoms with Gasteiger partial charge in [0.05, 0.1) is 90.7 Å². The molecule has 0 radical (unpaired) electrons. The second kappa shape index (κ2) is 30.6. The standard InChI is InChI=1S/C37H32ClN5O4S.C31H27ClN4O2.C6H6BrNO2S/c1-24-16-34-30(17-33(24)39-2)32(23-43(34)36-15-14-29(18-41-36)48(5,44)45)31-19-40-20-35(37(31)38)42(21-25-6-10-27(46-3)11-7-25)22-26-8-12-28(47-4)13-9-26;1-20-13-29-25(14-28(20)33-2)26(16-35-29)27-15-34-17-30(31(27)32)36(18-21-5-9-23(37-3)10-6-21)19-22-7-11-24(38-4)12-8-22;1-11(9,10)5-2-3-6(7)8-4-5/h6-20,23H,21-22H2,1,3-5H3;5-17,35H,18-19H2,1,3-4H3;2-4H,1H3. The molecular weight excluding hydrogens is 1370 g/mol. The van der Waals surface area contributed by atoms with Crippen LogP contribution in [0.5, 0.6) is 23.0 Å². The zero-order valence-electron chi connectivity index (χ0n) is 54.0. The second-order valence-corrected chi connectivity index (χ2v) is 28.1. The average molecular weight is 1440 g/mol. The topological polar surface area (TPSA) is 193 Å². The lowest BCUT2D eigenvalue weighted by Gasteiger charge is -2.27. The molecular formula is C74H65BrCl2N10O8S2. The van der Waals surface area contributed by atoms with Gasteiger partial charge in [-0.3, -0.25) is 9.97 Å². The number of aromatic nitrogens is 6. The van der Waals surface area contributed by atoms with Crippen molar-refractivity contribution in [3.63, 3.8) is 0 Å². The third kappa shape index (κ3) is 16.5. The summed E-state index contributed by atoms with van der Waals surface area (Å²) in [5.41, 5.74) is 13.7. The summed E-state index contributed by atoms with van der Waals surface area (Å²) in [5.74, 6) is 3.69. The normalized spacial score (nSPS) is 11.1. The fourth-order valence-corrected chi connectivity index (χ4v) is 12.7. The number of hydrogen-bond acceptors (Lipinski definition) is 14. The van der Waals surface area contributed by atoms with Crippen LogP contribution in [0.25, 0.3) is 59.6 Å². The molecule has 12 aromatic rings. The van der Waals surface area contributed by atoms with Gasteiger partial charge in [0, 0.05) is 104 Å². The second-order valence-electron chi connectivity index (χ2n) is 22.5. The Balaban J connectivity index is 0.000000185. The van der Waals surface area contributed by atoms with Crippen molar-refractivity contribution >= 4 is 103 Å². The molecule has 0 aliphatic heterocycles. The van der Waals surface area contributed by atoms with Crippen LogP contribution in [0, 0.1) is 27.0 Å². The molecule has 12 rings (SSSR count). The number of ether oxygens (including phenoxy) is 4. The quantitative estimate of drug-likeness (QED) is 0.0594. The number of pyridine rings is 4. The lowest BCUT2D eigenvalue weighted by molar-refractivity contribution is 0.414. The predicted molar refractivity (Wildman–Crippen MR) is 388 cm³/mol. The summed E-state index contributed by atoms with van der Waals surface area (Å²) in [5, 5.41) is 2.84. The van der Waals surface area contributed by atoms with Gasteiger partial charge in [-0.1, -0.05) is 71.7 Å². The Kier molecular flexibility index (Phi) is 22.0. The molecule has 0 aliphatic rings. The molecule has 0 fully saturated rings. The van der Waals surface area contributed by atoms with Crippen LogP contribution < -0.4 is 28.7 Å². The van der Waals surface area contributed by atoms with Crippen LogP contribution >= 0.6 is 39.1 Å². The first-order valence-electron chi connectivity index (χ1n) is 29.9. The maximum Gasteiger partial charge on any atom is 0.190 e. The summed E-state index contributed by atoms with van der Waals surface area (Å²) in [7, 11) is 0.0857. The van der Waals surface area contributed by atoms with Crippen LogP contribution in [0.2, 0.25) is 10.0 Å². The number of methoxy groups -OCH3 is 4. The number of benzene rings is 6. The highest BCUT2D eigenvalue weighted by molar-refractivity contribution is 9.10. The highest BCUT2D eigenvalue weighted by Crippen LogP contribution is 2.44. The largest absolute Gasteiger partial charge is 0.497 e. The molecule has 0 aliphatic carbocycles. The van der Waals surface area contributed by atoms with E-state index in [4.69, 9.17) is 55.3 Å². The number of H-pyrrole nitrogens is 1. The van der Waals surface area contributed by atoms with E-state index in [1.807, 2.05) is 134 Å². The summed E-state index contributed by atoms with van der Waals surface area (Å²) in [6, 6.07) is 45.9. The Morgan fingerprint density at radius 3 is 1.29 bits per heavy atom. The van der Waals surface area contributed by atoms with Gasteiger partial charge in [0.2, 0.25) is 0 Å². The summed E-state index contributed by atoms with van der Waals surface area (Å²) < 4.78 is 69.9. The minimum Gasteiger partial charge on any atom is -0.497 e. The van der Waals surface area contributed by atoms with Crippen LogP contribution in [0.15, 0.2) is 210 Å². The van der Waals surface area contributed by atoms with E-state index < -0.39 is 19.7 Å². The summed E-state index contributed by atoms with van der Waals surface area (Å²) >= 11 is 17.6. The number of fused-ring (bicyclic) bond motifs is 2. The molecule has 6 aromatic heterocycles. The third-order valence-electron chi connectivity index (χ3n) is 16.0. The van der Waals surface area contributed by atoms with E-state index in [-0.39, 0.29) is 9.79 Å². The lowest BCUT2D eigenvalue weighted by atomic mass is 10.0. The van der Waals surface area contributed by atoms with Crippen molar-refractivity contribution in [1.82, 2.24) is 29.5 Å². The van der Waals surface area contributed by atoms with Crippen molar-refractivity contribution < 1.29 is 35.8 Å². The van der Waals surface area contributed by atoms with Gasteiger partial charge in [0.1, 0.15) is 33.4 Å². The van der Waals surface area contributed by atoms with Crippen molar-refractivity contribution in [2.24, 2.45) is 0 Å². The number of rotatable bonds is 19. The molecule has 0 atom stereocenters. The van der Waals surface area contributed by atoms with Crippen molar-refractivity contribution in [3.8, 4) is 51.1 Å². The third-order valence-corrected chi connectivity index (χ3v) is 19.5. The van der Waals surface area contributed by atoms with E-state index in [0.29, 0.717) is 63.6 Å². The highest BCUT2D eigenvalue weighted by atomic mass is 79.9. The van der Waals surface area contributed by atoms with E-state index in [1.165, 1.54) is 24.5 Å². The number of aromatic amines is 1. The van der Waals surface area contributed by atoms with E-state index >= 15 is 0 Å². The number of sulfone groups is 2. The van der Waals surface area contributed by atoms with Crippen LogP contribution in [0.1, 0.15) is 33.4 Å². The Labute approximate surface area is 582 Å². The van der Waals surface area contributed by atoms with Crippen molar-refractivity contribution in [2.75, 3.05) is 50.8 Å². The van der Waals surface area contributed by atoms with Gasteiger partial charge in [0.15, 0.2) is 31.0 Å². The molecule has 0 bridgehead atoms. The highest BCUT2D eigenvalue weighted by Gasteiger charge is 2.24. The van der Waals surface area contributed by atoms with Gasteiger partial charge in [-0.15, -0.1) is 0 Å². The van der Waals surface area contributed by atoms with Gasteiger partial charge in [0.25, 0.3) is 0 Å². The van der Waals surface area contributed by atoms with E-state index in [1.54, 1.807) is 59.2 Å². The zero-order valence-corrected chi connectivity index (χ0v) is 58.8. The molecule has 1 N–H and O–H groups in total. The maximum absolute atomic E-state index is 12.1. The first kappa shape index (κ1) is 69.6. The Morgan fingerprint density at radius 2 is 0.907 bits per heavy atom. The molecule has 0 amide bonds. The molecule has 18 nitrogen and oxygen atoms in total. The van der Waals surface area contributed by atoms with Crippen LogP contribution in [-0.4, -0.2) is 87.3 Å². The lowest BCUT2D eigenvalue weighted by Crippen LogP contribution is -2.22. The molecule has 6 heterocycles. The van der Waals surface area contributed by atoms with Crippen molar-refractivity contribution in [3.05, 3.63) is 266 Å². The number of aryl methyl sites for hydroxylation is 2. The number of hydrogen-bond donors (Lipinski definition) is 1. The van der Waals surface area contributed by atoms with Gasteiger partial charge >= 0.3 is 0 Å². The van der Waals surface area contributed by atoms with Gasteiger partial charge < -0.3 is 38.3 Å². The van der Waals surface area contributed by atoms with E-state index in [2.05, 4.69) is 84.6 Å². The Morgan fingerprint density at radius 1 is 0.505 bits per heavy atom. The maximum atomic E-state index is 12.1. The molecule has 23 heteroatoms. The Bertz CT molecular complexity index is 5030. The smallest absolute Gasteiger partial charge is 0.190 e. The van der Waals surface area contributed by atoms with Crippen LogP contribution in [-0.2, 0) is 45.9 Å². The summed E-state index contributed by atoms with van der Waals surface area (Å²) in [4.78, 5) is 33.0. The zero-order chi connectivity index (χ0) is 69.1. The SMILES string of the molecule is CS(=O)(=O)c1ccc(Br)nc1.[C-]#[N+]c1cc2c(-c3cncc(N(Cc4ccc(OC)cc4)Cc4ccc(OC)cc4)c3Cl)c[nH]c2cc1C.[C-]#[N+]c1cc2c(-c3cncc(N(Cc4ccc(OC)cc4)Cc4ccc(OC)cc4)c3Cl)cn(-c3ccc(S(C)(=O)=O)cn3)c2cc1C. The molecule has 97 heavy (non-hydrogen) atoms. The van der Waals surface area contributed by atoms with Gasteiger partial charge in [-0.05, 0) is 171 Å². The minimum atomic E-state index is -3.42. The van der Waals surface area contributed by atoms with Gasteiger partial charge in [-0.2, -0.15) is 0 Å². The first-order valence-corrected chi connectivity index (χ1v) is 35.2. The minimum absolute atomic E-state index is 0.128. The number of nitrogens with zero attached hydrogens (tertiary/aromatic N) is 9. The molecule has 0 saturated carbocycles. The molecule has 0 unspecified atom stereocenters. The fourth-order valence-electron chi connectivity index (χ4n) is 10.8. The predicted octanol–water partition coefficient (Wildman–Crippen LogP) is 17.4. The average Bonchev–Trinajstić information content (AvgIpc) is 1.64. The number of anilines is 2. The fraction of sp³-hybridized carbons (Fsp3) is 0.162. The van der Waals surface area contributed by atoms with E-state index in [9.17, 15) is 16.8 Å². The van der Waals surface area contributed by atoms with Crippen molar-refractivity contribution in [1.29, 1.82) is 0 Å². The van der Waals surface area contributed by atoms with Crippen LogP contribution in [0.4, 0.5) is 22.7 Å². The first-order chi connectivity index (χ1) is 46.6. The summed E-state index contributed by atoms with van der Waals surface area (Å²) in [6.07, 6.45) is 15.9. The molecule has 0 spiro atoms. The molecule has 492 valence electrons. The molecule has 6 aromatic carbocycles. The van der Waals surface area contributed by atoms with Crippen LogP contribution in [0.3, 0.4) is 0 Å². The Hall–Kier alpha value is -10.3. The monoisotopic (exact) mass is 1430 g/mol. The van der Waals surface area contributed by atoms with E-state index in [0.717, 1.165) is 119 Å². The number of halogens is 3.